The average molecular weight is 200 g/mol. The van der Waals surface area contributed by atoms with Crippen LogP contribution >= 0.6 is 0 Å². The van der Waals surface area contributed by atoms with Crippen LogP contribution in [-0.4, -0.2) is 41.8 Å². The molecule has 84 valence electrons. The second-order valence-electron chi connectivity index (χ2n) is 5.28. The molecule has 0 aromatic rings. The van der Waals surface area contributed by atoms with Gasteiger partial charge in [0.25, 0.3) is 0 Å². The van der Waals surface area contributed by atoms with Crippen LogP contribution in [0.15, 0.2) is 0 Å². The second-order valence-corrected chi connectivity index (χ2v) is 5.28. The molecule has 0 saturated carbocycles. The standard InChI is InChI=1S/C11H24N2O/c1-9-6-13(7-10(9)2)5-4-11(3,12)8-14/h9-10,14H,4-8,12H2,1-3H3. The maximum Gasteiger partial charge on any atom is 0.0608 e. The van der Waals surface area contributed by atoms with Gasteiger partial charge in [0.05, 0.1) is 6.61 Å². The molecule has 1 rings (SSSR count). The highest BCUT2D eigenvalue weighted by Crippen LogP contribution is 2.22. The predicted molar refractivity (Wildman–Crippen MR) is 59.1 cm³/mol. The van der Waals surface area contributed by atoms with Crippen molar-refractivity contribution in [1.82, 2.24) is 4.90 Å². The molecule has 3 heteroatoms. The van der Waals surface area contributed by atoms with Gasteiger partial charge in [-0.1, -0.05) is 13.8 Å². The minimum Gasteiger partial charge on any atom is -0.394 e. The maximum atomic E-state index is 9.03. The molecule has 3 N–H and O–H groups in total. The third kappa shape index (κ3) is 3.23. The summed E-state index contributed by atoms with van der Waals surface area (Å²) in [5.41, 5.74) is 5.48. The smallest absolute Gasteiger partial charge is 0.0608 e. The van der Waals surface area contributed by atoms with Gasteiger partial charge in [0.2, 0.25) is 0 Å². The molecule has 1 aliphatic heterocycles. The first-order chi connectivity index (χ1) is 6.44. The van der Waals surface area contributed by atoms with Gasteiger partial charge in [-0.05, 0) is 31.7 Å². The van der Waals surface area contributed by atoms with E-state index >= 15 is 0 Å². The van der Waals surface area contributed by atoms with Crippen molar-refractivity contribution in [2.45, 2.75) is 32.7 Å². The quantitative estimate of drug-likeness (QED) is 0.701. The Morgan fingerprint density at radius 1 is 1.36 bits per heavy atom. The lowest BCUT2D eigenvalue weighted by Gasteiger charge is -2.25. The van der Waals surface area contributed by atoms with Gasteiger partial charge in [0, 0.05) is 18.6 Å². The summed E-state index contributed by atoms with van der Waals surface area (Å²) in [5.74, 6) is 1.60. The van der Waals surface area contributed by atoms with E-state index in [0.29, 0.717) is 0 Å². The number of nitrogens with zero attached hydrogens (tertiary/aromatic N) is 1. The molecule has 0 bridgehead atoms. The summed E-state index contributed by atoms with van der Waals surface area (Å²) >= 11 is 0. The first-order valence-corrected chi connectivity index (χ1v) is 5.57. The van der Waals surface area contributed by atoms with Crippen molar-refractivity contribution in [2.24, 2.45) is 17.6 Å². The molecule has 14 heavy (non-hydrogen) atoms. The van der Waals surface area contributed by atoms with Crippen LogP contribution in [0, 0.1) is 11.8 Å². The Kier molecular flexibility index (Phi) is 3.93. The van der Waals surface area contributed by atoms with Crippen molar-refractivity contribution < 1.29 is 5.11 Å². The van der Waals surface area contributed by atoms with Crippen LogP contribution < -0.4 is 5.73 Å². The van der Waals surface area contributed by atoms with Gasteiger partial charge in [-0.3, -0.25) is 0 Å². The van der Waals surface area contributed by atoms with Crippen LogP contribution in [0.25, 0.3) is 0 Å². The second kappa shape index (κ2) is 4.60. The highest BCUT2D eigenvalue weighted by Gasteiger charge is 2.27. The van der Waals surface area contributed by atoms with E-state index in [1.54, 1.807) is 0 Å². The van der Waals surface area contributed by atoms with Gasteiger partial charge < -0.3 is 15.7 Å². The Balaban J connectivity index is 2.27. The number of hydrogen-bond acceptors (Lipinski definition) is 3. The molecule has 3 unspecified atom stereocenters. The zero-order valence-corrected chi connectivity index (χ0v) is 9.66. The minimum absolute atomic E-state index is 0.0753. The van der Waals surface area contributed by atoms with E-state index < -0.39 is 5.54 Å². The average Bonchev–Trinajstić information content (AvgIpc) is 2.44. The Labute approximate surface area is 87.3 Å². The van der Waals surface area contributed by atoms with Crippen LogP contribution in [-0.2, 0) is 0 Å². The lowest BCUT2D eigenvalue weighted by Crippen LogP contribution is -2.43. The highest BCUT2D eigenvalue weighted by molar-refractivity contribution is 4.83. The molecule has 3 atom stereocenters. The van der Waals surface area contributed by atoms with Gasteiger partial charge in [0.1, 0.15) is 0 Å². The van der Waals surface area contributed by atoms with Gasteiger partial charge in [-0.2, -0.15) is 0 Å². The molecule has 0 aromatic heterocycles. The Bertz CT molecular complexity index is 172. The number of likely N-dealkylation sites (tertiary alicyclic amines) is 1. The number of rotatable bonds is 4. The molecule has 0 radical (unpaired) electrons. The zero-order valence-electron chi connectivity index (χ0n) is 9.66. The summed E-state index contributed by atoms with van der Waals surface area (Å²) in [5, 5.41) is 9.03. The molecule has 0 aliphatic carbocycles. The van der Waals surface area contributed by atoms with E-state index in [0.717, 1.165) is 24.8 Å². The molecule has 0 aromatic carbocycles. The first-order valence-electron chi connectivity index (χ1n) is 5.57. The molecule has 0 amide bonds. The SMILES string of the molecule is CC1CN(CCC(C)(N)CO)CC1C. The van der Waals surface area contributed by atoms with Gasteiger partial charge in [0.15, 0.2) is 0 Å². The van der Waals surface area contributed by atoms with Crippen molar-refractivity contribution in [3.05, 3.63) is 0 Å². The van der Waals surface area contributed by atoms with Crippen molar-refractivity contribution >= 4 is 0 Å². The first kappa shape index (κ1) is 12.0. The van der Waals surface area contributed by atoms with E-state index in [1.807, 2.05) is 6.92 Å². The molecule has 1 saturated heterocycles. The Hall–Kier alpha value is -0.120. The van der Waals surface area contributed by atoms with Crippen molar-refractivity contribution in [3.63, 3.8) is 0 Å². The summed E-state index contributed by atoms with van der Waals surface area (Å²) in [6.45, 7) is 9.98. The lowest BCUT2D eigenvalue weighted by atomic mass is 10.0. The molecular formula is C11H24N2O. The summed E-state index contributed by atoms with van der Waals surface area (Å²) in [4.78, 5) is 2.45. The van der Waals surface area contributed by atoms with Crippen LogP contribution in [0.4, 0.5) is 0 Å². The number of aliphatic hydroxyl groups is 1. The molecular weight excluding hydrogens is 176 g/mol. The van der Waals surface area contributed by atoms with Crippen LogP contribution in [0.5, 0.6) is 0 Å². The summed E-state index contributed by atoms with van der Waals surface area (Å²) in [6, 6.07) is 0. The fourth-order valence-electron chi connectivity index (χ4n) is 1.92. The Morgan fingerprint density at radius 3 is 2.29 bits per heavy atom. The number of nitrogens with two attached hydrogens (primary N) is 1. The van der Waals surface area contributed by atoms with Gasteiger partial charge in [-0.15, -0.1) is 0 Å². The Morgan fingerprint density at radius 2 is 1.86 bits per heavy atom. The zero-order chi connectivity index (χ0) is 10.8. The number of hydrogen-bond donors (Lipinski definition) is 2. The maximum absolute atomic E-state index is 9.03. The summed E-state index contributed by atoms with van der Waals surface area (Å²) < 4.78 is 0. The van der Waals surface area contributed by atoms with Crippen molar-refractivity contribution in [3.8, 4) is 0 Å². The third-order valence-corrected chi connectivity index (χ3v) is 3.42. The molecule has 1 heterocycles. The summed E-state index contributed by atoms with van der Waals surface area (Å²) in [6.07, 6.45) is 0.878. The van der Waals surface area contributed by atoms with Crippen LogP contribution in [0.1, 0.15) is 27.2 Å². The fourth-order valence-corrected chi connectivity index (χ4v) is 1.92. The van der Waals surface area contributed by atoms with Crippen LogP contribution in [0.2, 0.25) is 0 Å². The minimum atomic E-state index is -0.408. The van der Waals surface area contributed by atoms with E-state index in [4.69, 9.17) is 10.8 Å². The van der Waals surface area contributed by atoms with E-state index in [1.165, 1.54) is 13.1 Å². The van der Waals surface area contributed by atoms with Crippen molar-refractivity contribution in [1.29, 1.82) is 0 Å². The molecule has 3 nitrogen and oxygen atoms in total. The van der Waals surface area contributed by atoms with Crippen molar-refractivity contribution in [2.75, 3.05) is 26.2 Å². The number of aliphatic hydroxyl groups excluding tert-OH is 1. The molecule has 0 spiro atoms. The molecule has 1 aliphatic rings. The van der Waals surface area contributed by atoms with E-state index in [2.05, 4.69) is 18.7 Å². The third-order valence-electron chi connectivity index (χ3n) is 3.42. The fraction of sp³-hybridized carbons (Fsp3) is 1.00. The monoisotopic (exact) mass is 200 g/mol. The van der Waals surface area contributed by atoms with Gasteiger partial charge >= 0.3 is 0 Å². The topological polar surface area (TPSA) is 49.5 Å². The van der Waals surface area contributed by atoms with E-state index in [9.17, 15) is 0 Å². The van der Waals surface area contributed by atoms with E-state index in [-0.39, 0.29) is 6.61 Å². The van der Waals surface area contributed by atoms with Gasteiger partial charge in [-0.25, -0.2) is 0 Å². The molecule has 1 fully saturated rings. The lowest BCUT2D eigenvalue weighted by molar-refractivity contribution is 0.181. The largest absolute Gasteiger partial charge is 0.394 e. The highest BCUT2D eigenvalue weighted by atomic mass is 16.3. The normalized spacial score (nSPS) is 33.2. The summed E-state index contributed by atoms with van der Waals surface area (Å²) in [7, 11) is 0. The predicted octanol–water partition coefficient (Wildman–Crippen LogP) is 0.674. The van der Waals surface area contributed by atoms with Crippen LogP contribution in [0.3, 0.4) is 0 Å².